The molecule has 2 aliphatic heterocycles. The lowest BCUT2D eigenvalue weighted by molar-refractivity contribution is -0.117. The van der Waals surface area contributed by atoms with Gasteiger partial charge in [-0.25, -0.2) is 0 Å². The molecule has 0 aliphatic carbocycles. The summed E-state index contributed by atoms with van der Waals surface area (Å²) in [7, 11) is -0.713. The number of carbonyl (C=O) groups is 1. The quantitative estimate of drug-likeness (QED) is 0.799. The van der Waals surface area contributed by atoms with Crippen molar-refractivity contribution in [3.8, 4) is 0 Å². The zero-order chi connectivity index (χ0) is 14.1. The van der Waals surface area contributed by atoms with Crippen molar-refractivity contribution in [1.29, 1.82) is 0 Å². The summed E-state index contributed by atoms with van der Waals surface area (Å²) in [6.07, 6.45) is 4.78. The fourth-order valence-corrected chi connectivity index (χ4v) is 5.66. The van der Waals surface area contributed by atoms with Crippen LogP contribution in [0.2, 0.25) is 0 Å². The summed E-state index contributed by atoms with van der Waals surface area (Å²) in [6.45, 7) is 3.99. The molecule has 0 saturated carbocycles. The van der Waals surface area contributed by atoms with Crippen molar-refractivity contribution in [2.75, 3.05) is 0 Å². The van der Waals surface area contributed by atoms with Crippen LogP contribution in [-0.2, 0) is 15.6 Å². The highest BCUT2D eigenvalue weighted by Gasteiger charge is 2.40. The van der Waals surface area contributed by atoms with Crippen LogP contribution in [-0.4, -0.2) is 20.5 Å². The molecule has 2 atom stereocenters. The molecule has 2 bridgehead atoms. The van der Waals surface area contributed by atoms with Crippen LogP contribution in [0.25, 0.3) is 5.57 Å². The second-order valence-electron chi connectivity index (χ2n) is 5.88. The van der Waals surface area contributed by atoms with Gasteiger partial charge in [0.15, 0.2) is 5.78 Å². The van der Waals surface area contributed by atoms with Gasteiger partial charge in [-0.3, -0.25) is 9.00 Å². The van der Waals surface area contributed by atoms with E-state index in [1.807, 2.05) is 30.3 Å². The van der Waals surface area contributed by atoms with Crippen LogP contribution in [0.5, 0.6) is 0 Å². The molecule has 0 spiro atoms. The molecule has 0 aromatic heterocycles. The second kappa shape index (κ2) is 5.65. The van der Waals surface area contributed by atoms with Gasteiger partial charge in [0.25, 0.3) is 0 Å². The molecular formula is C17H20O2S. The molecule has 3 rings (SSSR count). The average Bonchev–Trinajstić information content (AvgIpc) is 2.46. The first kappa shape index (κ1) is 13.7. The van der Waals surface area contributed by atoms with Gasteiger partial charge in [0, 0.05) is 32.8 Å². The van der Waals surface area contributed by atoms with Crippen molar-refractivity contribution >= 4 is 22.2 Å². The molecule has 1 aromatic rings. The summed E-state index contributed by atoms with van der Waals surface area (Å²) in [4.78, 5) is 12.6. The van der Waals surface area contributed by atoms with Gasteiger partial charge in [-0.1, -0.05) is 43.3 Å². The molecule has 2 fully saturated rings. The zero-order valence-electron chi connectivity index (χ0n) is 11.6. The van der Waals surface area contributed by atoms with Gasteiger partial charge in [-0.05, 0) is 31.2 Å². The third kappa shape index (κ3) is 2.51. The fourth-order valence-electron chi connectivity index (χ4n) is 3.48. The smallest absolute Gasteiger partial charge is 0.166 e. The number of hydrogen-bond acceptors (Lipinski definition) is 2. The van der Waals surface area contributed by atoms with Crippen molar-refractivity contribution in [2.24, 2.45) is 5.92 Å². The number of allylic oxidation sites excluding steroid dienone is 1. The molecule has 0 amide bonds. The standard InChI is InChI=1S/C17H20O2S/c1-12(13-6-3-2-4-7-13)17(18)14-10-15-8-5-9-16(11-14)20(15)19/h2-4,6-7,14-16H,1,5,8-11H2. The number of ketones is 1. The van der Waals surface area contributed by atoms with E-state index in [0.29, 0.717) is 5.57 Å². The lowest BCUT2D eigenvalue weighted by Crippen LogP contribution is -2.41. The van der Waals surface area contributed by atoms with Crippen LogP contribution in [0.3, 0.4) is 0 Å². The highest BCUT2D eigenvalue weighted by molar-refractivity contribution is 7.86. The van der Waals surface area contributed by atoms with Crippen LogP contribution < -0.4 is 0 Å². The SMILES string of the molecule is C=C(C(=O)C1CC2CCCC(C1)S2=O)c1ccccc1. The molecule has 2 unspecified atom stereocenters. The molecule has 20 heavy (non-hydrogen) atoms. The van der Waals surface area contributed by atoms with E-state index >= 15 is 0 Å². The Labute approximate surface area is 122 Å². The van der Waals surface area contributed by atoms with Crippen LogP contribution in [0.1, 0.15) is 37.7 Å². The topological polar surface area (TPSA) is 34.1 Å². The zero-order valence-corrected chi connectivity index (χ0v) is 12.4. The molecule has 106 valence electrons. The molecule has 3 heteroatoms. The summed E-state index contributed by atoms with van der Waals surface area (Å²) < 4.78 is 12.2. The van der Waals surface area contributed by atoms with Crippen molar-refractivity contribution in [3.63, 3.8) is 0 Å². The predicted octanol–water partition coefficient (Wildman–Crippen LogP) is 3.35. The minimum atomic E-state index is -0.713. The van der Waals surface area contributed by atoms with Gasteiger partial charge in [0.2, 0.25) is 0 Å². The van der Waals surface area contributed by atoms with Crippen LogP contribution in [0.4, 0.5) is 0 Å². The Hall–Kier alpha value is -1.22. The van der Waals surface area contributed by atoms with E-state index in [0.717, 1.165) is 31.2 Å². The minimum Gasteiger partial charge on any atom is -0.294 e. The van der Waals surface area contributed by atoms with E-state index in [4.69, 9.17) is 0 Å². The molecule has 1 aromatic carbocycles. The number of Topliss-reactive ketones (excluding diaryl/α,β-unsaturated/α-hetero) is 1. The average molecular weight is 288 g/mol. The summed E-state index contributed by atoms with van der Waals surface area (Å²) in [5, 5.41) is 0.472. The summed E-state index contributed by atoms with van der Waals surface area (Å²) in [6, 6.07) is 9.66. The number of benzene rings is 1. The van der Waals surface area contributed by atoms with Crippen molar-refractivity contribution in [2.45, 2.75) is 42.6 Å². The van der Waals surface area contributed by atoms with E-state index in [1.165, 1.54) is 6.42 Å². The fraction of sp³-hybridized carbons (Fsp3) is 0.471. The maximum Gasteiger partial charge on any atom is 0.166 e. The van der Waals surface area contributed by atoms with Crippen LogP contribution in [0, 0.1) is 5.92 Å². The molecule has 2 heterocycles. The van der Waals surface area contributed by atoms with Crippen molar-refractivity contribution in [1.82, 2.24) is 0 Å². The van der Waals surface area contributed by atoms with E-state index in [9.17, 15) is 9.00 Å². The summed E-state index contributed by atoms with van der Waals surface area (Å²) >= 11 is 0. The van der Waals surface area contributed by atoms with E-state index in [1.54, 1.807) is 0 Å². The van der Waals surface area contributed by atoms with Gasteiger partial charge in [-0.2, -0.15) is 0 Å². The minimum absolute atomic E-state index is 0.0238. The van der Waals surface area contributed by atoms with Gasteiger partial charge in [0.05, 0.1) is 0 Å². The Balaban J connectivity index is 1.75. The predicted molar refractivity (Wildman–Crippen MR) is 82.8 cm³/mol. The maximum absolute atomic E-state index is 12.6. The Morgan fingerprint density at radius 2 is 1.70 bits per heavy atom. The van der Waals surface area contributed by atoms with Gasteiger partial charge in [0.1, 0.15) is 0 Å². The Morgan fingerprint density at radius 3 is 2.30 bits per heavy atom. The Bertz CT molecular complexity index is 533. The maximum atomic E-state index is 12.6. The first-order chi connectivity index (χ1) is 9.66. The molecule has 2 aliphatic rings. The second-order valence-corrected chi connectivity index (χ2v) is 7.87. The van der Waals surface area contributed by atoms with E-state index < -0.39 is 10.8 Å². The van der Waals surface area contributed by atoms with Gasteiger partial charge < -0.3 is 0 Å². The van der Waals surface area contributed by atoms with Gasteiger partial charge in [-0.15, -0.1) is 0 Å². The molecular weight excluding hydrogens is 268 g/mol. The van der Waals surface area contributed by atoms with Crippen molar-refractivity contribution in [3.05, 3.63) is 42.5 Å². The number of rotatable bonds is 3. The molecule has 2 nitrogen and oxygen atoms in total. The highest BCUT2D eigenvalue weighted by atomic mass is 32.2. The molecule has 2 saturated heterocycles. The Kier molecular flexibility index (Phi) is 3.88. The third-order valence-corrected chi connectivity index (χ3v) is 6.76. The van der Waals surface area contributed by atoms with E-state index in [2.05, 4.69) is 6.58 Å². The third-order valence-electron chi connectivity index (χ3n) is 4.59. The lowest BCUT2D eigenvalue weighted by atomic mass is 9.83. The Morgan fingerprint density at radius 1 is 1.10 bits per heavy atom. The van der Waals surface area contributed by atoms with Crippen LogP contribution in [0.15, 0.2) is 36.9 Å². The van der Waals surface area contributed by atoms with Gasteiger partial charge >= 0.3 is 0 Å². The monoisotopic (exact) mass is 288 g/mol. The van der Waals surface area contributed by atoms with Crippen molar-refractivity contribution < 1.29 is 9.00 Å². The summed E-state index contributed by atoms with van der Waals surface area (Å²) in [5.41, 5.74) is 1.52. The molecule has 0 radical (unpaired) electrons. The number of hydrogen-bond donors (Lipinski definition) is 0. The van der Waals surface area contributed by atoms with E-state index in [-0.39, 0.29) is 22.2 Å². The lowest BCUT2D eigenvalue weighted by Gasteiger charge is -2.37. The number of fused-ring (bicyclic) bond motifs is 2. The number of carbonyl (C=O) groups excluding carboxylic acids is 1. The van der Waals surface area contributed by atoms with Crippen LogP contribution >= 0.6 is 0 Å². The largest absolute Gasteiger partial charge is 0.294 e. The highest BCUT2D eigenvalue weighted by Crippen LogP contribution is 2.38. The normalized spacial score (nSPS) is 32.6. The first-order valence-corrected chi connectivity index (χ1v) is 8.62. The molecule has 0 N–H and O–H groups in total. The first-order valence-electron chi connectivity index (χ1n) is 7.34. The summed E-state index contributed by atoms with van der Waals surface area (Å²) in [5.74, 6) is 0.181.